The zero-order valence-electron chi connectivity index (χ0n) is 10.9. The fourth-order valence-electron chi connectivity index (χ4n) is 2.37. The van der Waals surface area contributed by atoms with Crippen LogP contribution >= 0.6 is 0 Å². The van der Waals surface area contributed by atoms with Crippen molar-refractivity contribution >= 4 is 5.52 Å². The normalized spacial score (nSPS) is 12.0. The summed E-state index contributed by atoms with van der Waals surface area (Å²) in [5, 5.41) is 3.98. The summed E-state index contributed by atoms with van der Waals surface area (Å²) < 4.78 is 52.9. The Kier molecular flexibility index (Phi) is 2.97. The van der Waals surface area contributed by atoms with Crippen LogP contribution in [0.4, 0.5) is 17.6 Å². The van der Waals surface area contributed by atoms with E-state index in [4.69, 9.17) is 0 Å². The zero-order chi connectivity index (χ0) is 15.2. The van der Waals surface area contributed by atoms with Crippen LogP contribution in [0.1, 0.15) is 11.4 Å². The van der Waals surface area contributed by atoms with Crippen LogP contribution in [0.5, 0.6) is 0 Å². The number of hydrogen-bond donors (Lipinski definition) is 0. The van der Waals surface area contributed by atoms with E-state index in [0.29, 0.717) is 22.3 Å². The minimum atomic E-state index is -4.49. The van der Waals surface area contributed by atoms with Crippen LogP contribution in [0.15, 0.2) is 42.5 Å². The van der Waals surface area contributed by atoms with E-state index in [0.717, 1.165) is 10.6 Å². The molecule has 0 N–H and O–H groups in total. The van der Waals surface area contributed by atoms with Crippen LogP contribution in [0, 0.1) is 12.7 Å². The molecular weight excluding hydrogens is 284 g/mol. The second-order valence-corrected chi connectivity index (χ2v) is 4.67. The number of halogens is 4. The lowest BCUT2D eigenvalue weighted by Crippen LogP contribution is -2.11. The first-order valence-corrected chi connectivity index (χ1v) is 6.19. The summed E-state index contributed by atoms with van der Waals surface area (Å²) in [6.45, 7) is 1.63. The molecule has 2 heterocycles. The molecule has 6 heteroatoms. The number of benzene rings is 1. The zero-order valence-corrected chi connectivity index (χ0v) is 10.9. The monoisotopic (exact) mass is 294 g/mol. The highest BCUT2D eigenvalue weighted by Crippen LogP contribution is 2.34. The first-order chi connectivity index (χ1) is 9.88. The number of nitrogens with zero attached hydrogens (tertiary/aromatic N) is 2. The molecule has 0 bridgehead atoms. The molecule has 0 saturated heterocycles. The van der Waals surface area contributed by atoms with Crippen molar-refractivity contribution < 1.29 is 17.6 Å². The average Bonchev–Trinajstić information content (AvgIpc) is 2.74. The van der Waals surface area contributed by atoms with Crippen LogP contribution < -0.4 is 0 Å². The van der Waals surface area contributed by atoms with Crippen molar-refractivity contribution in [3.8, 4) is 11.1 Å². The number of fused-ring (bicyclic) bond motifs is 1. The summed E-state index contributed by atoms with van der Waals surface area (Å²) in [4.78, 5) is 0. The lowest BCUT2D eigenvalue weighted by molar-refractivity contribution is -0.142. The summed E-state index contributed by atoms with van der Waals surface area (Å²) in [6, 6.07) is 9.48. The maximum absolute atomic E-state index is 13.0. The van der Waals surface area contributed by atoms with Gasteiger partial charge >= 0.3 is 6.18 Å². The standard InChI is InChI=1S/C15H10F4N2/c1-9-14(10-5-7-11(16)8-6-10)12-3-2-4-13(15(17,18)19)21(12)20-9/h2-8H,1H3. The number of aromatic nitrogens is 2. The van der Waals surface area contributed by atoms with Crippen LogP contribution in [0.25, 0.3) is 16.6 Å². The van der Waals surface area contributed by atoms with Crippen LogP contribution in [-0.2, 0) is 6.18 Å². The summed E-state index contributed by atoms with van der Waals surface area (Å²) in [5.41, 5.74) is 1.16. The predicted octanol–water partition coefficient (Wildman–Crippen LogP) is 4.47. The number of hydrogen-bond acceptors (Lipinski definition) is 1. The van der Waals surface area contributed by atoms with Gasteiger partial charge in [-0.3, -0.25) is 0 Å². The van der Waals surface area contributed by atoms with Gasteiger partial charge in [-0.05, 0) is 36.8 Å². The molecule has 2 aromatic heterocycles. The van der Waals surface area contributed by atoms with E-state index < -0.39 is 17.7 Å². The highest BCUT2D eigenvalue weighted by molar-refractivity contribution is 5.82. The van der Waals surface area contributed by atoms with E-state index >= 15 is 0 Å². The van der Waals surface area contributed by atoms with E-state index in [2.05, 4.69) is 5.10 Å². The molecule has 0 atom stereocenters. The molecule has 0 unspecified atom stereocenters. The predicted molar refractivity (Wildman–Crippen MR) is 70.3 cm³/mol. The molecule has 0 aliphatic rings. The number of aryl methyl sites for hydroxylation is 1. The van der Waals surface area contributed by atoms with Gasteiger partial charge in [-0.15, -0.1) is 0 Å². The quantitative estimate of drug-likeness (QED) is 0.605. The van der Waals surface area contributed by atoms with Gasteiger partial charge in [0.25, 0.3) is 0 Å². The van der Waals surface area contributed by atoms with Crippen LogP contribution in [-0.4, -0.2) is 9.61 Å². The number of pyridine rings is 1. The van der Waals surface area contributed by atoms with Crippen molar-refractivity contribution in [2.45, 2.75) is 13.1 Å². The van der Waals surface area contributed by atoms with E-state index in [9.17, 15) is 17.6 Å². The third kappa shape index (κ3) is 2.26. The molecular formula is C15H10F4N2. The third-order valence-electron chi connectivity index (χ3n) is 3.26. The Bertz CT molecular complexity index is 801. The van der Waals surface area contributed by atoms with Gasteiger partial charge in [0.2, 0.25) is 0 Å². The SMILES string of the molecule is Cc1nn2c(C(F)(F)F)cccc2c1-c1ccc(F)cc1. The summed E-state index contributed by atoms with van der Waals surface area (Å²) in [6.07, 6.45) is -4.49. The third-order valence-corrected chi connectivity index (χ3v) is 3.26. The highest BCUT2D eigenvalue weighted by atomic mass is 19.4. The van der Waals surface area contributed by atoms with Crippen molar-refractivity contribution in [1.29, 1.82) is 0 Å². The second kappa shape index (κ2) is 4.58. The largest absolute Gasteiger partial charge is 0.433 e. The Labute approximate surface area is 117 Å². The summed E-state index contributed by atoms with van der Waals surface area (Å²) >= 11 is 0. The highest BCUT2D eigenvalue weighted by Gasteiger charge is 2.34. The van der Waals surface area contributed by atoms with E-state index in [1.807, 2.05) is 0 Å². The van der Waals surface area contributed by atoms with Crippen LogP contribution in [0.2, 0.25) is 0 Å². The lowest BCUT2D eigenvalue weighted by Gasteiger charge is -2.08. The molecule has 0 aliphatic carbocycles. The van der Waals surface area contributed by atoms with E-state index in [1.54, 1.807) is 13.0 Å². The van der Waals surface area contributed by atoms with E-state index in [1.165, 1.54) is 30.3 Å². The Balaban J connectivity index is 2.30. The van der Waals surface area contributed by atoms with Crippen molar-refractivity contribution in [2.75, 3.05) is 0 Å². The lowest BCUT2D eigenvalue weighted by atomic mass is 10.0. The Morgan fingerprint density at radius 2 is 1.67 bits per heavy atom. The molecule has 0 saturated carbocycles. The summed E-state index contributed by atoms with van der Waals surface area (Å²) in [7, 11) is 0. The molecule has 108 valence electrons. The molecule has 2 nitrogen and oxygen atoms in total. The van der Waals surface area contributed by atoms with Crippen molar-refractivity contribution in [1.82, 2.24) is 9.61 Å². The molecule has 0 amide bonds. The van der Waals surface area contributed by atoms with Crippen molar-refractivity contribution in [3.63, 3.8) is 0 Å². The fraction of sp³-hybridized carbons (Fsp3) is 0.133. The van der Waals surface area contributed by atoms with Gasteiger partial charge < -0.3 is 0 Å². The van der Waals surface area contributed by atoms with Gasteiger partial charge in [-0.2, -0.15) is 18.3 Å². The Hall–Kier alpha value is -2.37. The van der Waals surface area contributed by atoms with E-state index in [-0.39, 0.29) is 0 Å². The van der Waals surface area contributed by atoms with Gasteiger partial charge in [0.1, 0.15) is 11.5 Å². The number of rotatable bonds is 1. The topological polar surface area (TPSA) is 17.3 Å². The molecule has 0 fully saturated rings. The first kappa shape index (κ1) is 13.6. The van der Waals surface area contributed by atoms with Gasteiger partial charge in [-0.1, -0.05) is 18.2 Å². The van der Waals surface area contributed by atoms with Crippen LogP contribution in [0.3, 0.4) is 0 Å². The summed E-state index contributed by atoms with van der Waals surface area (Å²) in [5.74, 6) is -0.399. The second-order valence-electron chi connectivity index (χ2n) is 4.67. The maximum atomic E-state index is 13.0. The minimum Gasteiger partial charge on any atom is -0.228 e. The van der Waals surface area contributed by atoms with Crippen molar-refractivity contribution in [2.24, 2.45) is 0 Å². The van der Waals surface area contributed by atoms with Crippen molar-refractivity contribution in [3.05, 3.63) is 59.7 Å². The first-order valence-electron chi connectivity index (χ1n) is 6.19. The maximum Gasteiger partial charge on any atom is 0.433 e. The molecule has 3 aromatic rings. The fourth-order valence-corrected chi connectivity index (χ4v) is 2.37. The Morgan fingerprint density at radius 3 is 2.29 bits per heavy atom. The molecule has 1 aromatic carbocycles. The molecule has 0 radical (unpaired) electrons. The van der Waals surface area contributed by atoms with Gasteiger partial charge in [0.05, 0.1) is 11.2 Å². The Morgan fingerprint density at radius 1 is 1.00 bits per heavy atom. The molecule has 0 aliphatic heterocycles. The van der Waals surface area contributed by atoms with Gasteiger partial charge in [-0.25, -0.2) is 8.91 Å². The van der Waals surface area contributed by atoms with Gasteiger partial charge in [0.15, 0.2) is 0 Å². The molecule has 3 rings (SSSR count). The smallest absolute Gasteiger partial charge is 0.228 e. The molecule has 21 heavy (non-hydrogen) atoms. The van der Waals surface area contributed by atoms with Gasteiger partial charge in [0, 0.05) is 5.56 Å². The number of alkyl halides is 3. The minimum absolute atomic E-state index is 0.342. The molecule has 0 spiro atoms. The average molecular weight is 294 g/mol.